The predicted molar refractivity (Wildman–Crippen MR) is 43.6 cm³/mol. The molecule has 0 saturated carbocycles. The van der Waals surface area contributed by atoms with Crippen LogP contribution in [0, 0.1) is 0 Å². The van der Waals surface area contributed by atoms with Crippen molar-refractivity contribution in [3.63, 3.8) is 0 Å². The maximum absolute atomic E-state index is 10.3. The highest BCUT2D eigenvalue weighted by Crippen LogP contribution is 2.14. The van der Waals surface area contributed by atoms with Gasteiger partial charge >= 0.3 is 0 Å². The maximum Gasteiger partial charge on any atom is 0.150 e. The molecule has 1 aromatic rings. The van der Waals surface area contributed by atoms with Gasteiger partial charge in [-0.3, -0.25) is 4.79 Å². The summed E-state index contributed by atoms with van der Waals surface area (Å²) in [6.07, 6.45) is 2.85. The van der Waals surface area contributed by atoms with Gasteiger partial charge in [-0.1, -0.05) is 12.1 Å². The second kappa shape index (κ2) is 3.42. The number of carbonyl (C=O) groups excluding carboxylic acids is 1. The summed E-state index contributed by atoms with van der Waals surface area (Å²) in [6, 6.07) is 7.54. The predicted octanol–water partition coefficient (Wildman–Crippen LogP) is 2.22. The van der Waals surface area contributed by atoms with Crippen molar-refractivity contribution in [2.45, 2.75) is 4.90 Å². The minimum absolute atomic E-state index is 0.742. The van der Waals surface area contributed by atoms with Gasteiger partial charge in [-0.15, -0.1) is 11.8 Å². The van der Waals surface area contributed by atoms with Crippen LogP contribution in [0.1, 0.15) is 10.4 Å². The zero-order chi connectivity index (χ0) is 7.40. The van der Waals surface area contributed by atoms with Gasteiger partial charge in [0.15, 0.2) is 0 Å². The zero-order valence-corrected chi connectivity index (χ0v) is 6.52. The topological polar surface area (TPSA) is 17.1 Å². The largest absolute Gasteiger partial charge is 0.298 e. The molecule has 0 bridgehead atoms. The average Bonchev–Trinajstić information content (AvgIpc) is 2.05. The third-order valence-corrected chi connectivity index (χ3v) is 1.96. The van der Waals surface area contributed by atoms with Gasteiger partial charge in [0, 0.05) is 10.5 Å². The van der Waals surface area contributed by atoms with Crippen molar-refractivity contribution in [1.29, 1.82) is 0 Å². The van der Waals surface area contributed by atoms with Crippen molar-refractivity contribution in [3.05, 3.63) is 29.8 Å². The molecule has 0 heterocycles. The molecule has 2 heteroatoms. The van der Waals surface area contributed by atoms with Gasteiger partial charge in [0.25, 0.3) is 0 Å². The van der Waals surface area contributed by atoms with Crippen LogP contribution in [0.25, 0.3) is 0 Å². The van der Waals surface area contributed by atoms with Gasteiger partial charge in [0.05, 0.1) is 0 Å². The van der Waals surface area contributed by atoms with Crippen LogP contribution in [-0.4, -0.2) is 12.5 Å². The van der Waals surface area contributed by atoms with Crippen LogP contribution < -0.4 is 0 Å². The van der Waals surface area contributed by atoms with Crippen LogP contribution in [0.4, 0.5) is 0 Å². The fraction of sp³-hybridized carbons (Fsp3) is 0.125. The van der Waals surface area contributed by atoms with Crippen LogP contribution in [0.3, 0.4) is 0 Å². The molecule has 0 radical (unpaired) electrons. The Morgan fingerprint density at radius 2 is 2.30 bits per heavy atom. The molecule has 0 aliphatic rings. The molecule has 0 spiro atoms. The molecule has 0 saturated heterocycles. The molecule has 1 nitrogen and oxygen atoms in total. The molecule has 0 aliphatic heterocycles. The summed E-state index contributed by atoms with van der Waals surface area (Å²) >= 11 is 1.64. The first-order valence-electron chi connectivity index (χ1n) is 2.96. The molecule has 52 valence electrons. The van der Waals surface area contributed by atoms with Gasteiger partial charge in [-0.25, -0.2) is 0 Å². The van der Waals surface area contributed by atoms with Crippen LogP contribution >= 0.6 is 11.8 Å². The van der Waals surface area contributed by atoms with Crippen molar-refractivity contribution >= 4 is 18.0 Å². The molecule has 1 aromatic carbocycles. The first kappa shape index (κ1) is 7.35. The van der Waals surface area contributed by atoms with Gasteiger partial charge in [0.1, 0.15) is 6.29 Å². The Hall–Kier alpha value is -0.760. The van der Waals surface area contributed by atoms with Crippen LogP contribution in [-0.2, 0) is 0 Å². The van der Waals surface area contributed by atoms with Gasteiger partial charge < -0.3 is 0 Å². The summed E-state index contributed by atoms with van der Waals surface area (Å²) in [5, 5.41) is 0. The van der Waals surface area contributed by atoms with Gasteiger partial charge in [-0.2, -0.15) is 0 Å². The molecule has 0 amide bonds. The summed E-state index contributed by atoms with van der Waals surface area (Å²) in [5.74, 6) is 0. The minimum Gasteiger partial charge on any atom is -0.298 e. The van der Waals surface area contributed by atoms with Crippen LogP contribution in [0.15, 0.2) is 29.2 Å². The molecule has 0 unspecified atom stereocenters. The number of benzene rings is 1. The fourth-order valence-corrected chi connectivity index (χ4v) is 1.18. The van der Waals surface area contributed by atoms with E-state index in [4.69, 9.17) is 0 Å². The second-order valence-corrected chi connectivity index (χ2v) is 2.77. The van der Waals surface area contributed by atoms with E-state index in [1.165, 1.54) is 0 Å². The monoisotopic (exact) mass is 152 g/mol. The standard InChI is InChI=1S/C8H8OS/c1-10-8-4-2-3-7(5-8)6-9/h2-6H,1H3. The summed E-state index contributed by atoms with van der Waals surface area (Å²) in [6.45, 7) is 0. The lowest BCUT2D eigenvalue weighted by molar-refractivity contribution is 0.112. The third kappa shape index (κ3) is 1.61. The van der Waals surface area contributed by atoms with E-state index < -0.39 is 0 Å². The van der Waals surface area contributed by atoms with E-state index in [1.54, 1.807) is 17.8 Å². The Kier molecular flexibility index (Phi) is 2.51. The Bertz CT molecular complexity index is 232. The average molecular weight is 152 g/mol. The summed E-state index contributed by atoms with van der Waals surface area (Å²) in [4.78, 5) is 11.4. The number of thioether (sulfide) groups is 1. The first-order chi connectivity index (χ1) is 4.86. The number of carbonyl (C=O) groups is 1. The van der Waals surface area contributed by atoms with E-state index in [-0.39, 0.29) is 0 Å². The van der Waals surface area contributed by atoms with Crippen molar-refractivity contribution in [3.8, 4) is 0 Å². The third-order valence-electron chi connectivity index (χ3n) is 1.23. The van der Waals surface area contributed by atoms with Crippen molar-refractivity contribution in [1.82, 2.24) is 0 Å². The van der Waals surface area contributed by atoms with Gasteiger partial charge in [0.2, 0.25) is 0 Å². The SMILES string of the molecule is CSc1cccc(C=O)c1. The normalized spacial score (nSPS) is 9.30. The van der Waals surface area contributed by atoms with E-state index >= 15 is 0 Å². The number of rotatable bonds is 2. The molecule has 0 aliphatic carbocycles. The molecular weight excluding hydrogens is 144 g/mol. The van der Waals surface area contributed by atoms with E-state index in [0.717, 1.165) is 16.7 Å². The number of aldehydes is 1. The zero-order valence-electron chi connectivity index (χ0n) is 5.70. The fourth-order valence-electron chi connectivity index (χ4n) is 0.715. The Labute approximate surface area is 64.4 Å². The molecule has 0 N–H and O–H groups in total. The van der Waals surface area contributed by atoms with E-state index in [2.05, 4.69) is 0 Å². The van der Waals surface area contributed by atoms with E-state index in [9.17, 15) is 4.79 Å². The molecule has 0 aromatic heterocycles. The molecule has 0 atom stereocenters. The number of hydrogen-bond acceptors (Lipinski definition) is 2. The highest BCUT2D eigenvalue weighted by Gasteiger charge is 1.90. The lowest BCUT2D eigenvalue weighted by Gasteiger charge is -1.94. The van der Waals surface area contributed by atoms with E-state index in [0.29, 0.717) is 0 Å². The Balaban J connectivity index is 2.98. The highest BCUT2D eigenvalue weighted by atomic mass is 32.2. The van der Waals surface area contributed by atoms with Crippen LogP contribution in [0.5, 0.6) is 0 Å². The first-order valence-corrected chi connectivity index (χ1v) is 4.18. The van der Waals surface area contributed by atoms with Crippen molar-refractivity contribution < 1.29 is 4.79 Å². The minimum atomic E-state index is 0.742. The molecular formula is C8H8OS. The van der Waals surface area contributed by atoms with Crippen molar-refractivity contribution in [2.75, 3.05) is 6.26 Å². The maximum atomic E-state index is 10.3. The number of hydrogen-bond donors (Lipinski definition) is 0. The lowest BCUT2D eigenvalue weighted by Crippen LogP contribution is -1.77. The smallest absolute Gasteiger partial charge is 0.150 e. The Morgan fingerprint density at radius 1 is 1.50 bits per heavy atom. The van der Waals surface area contributed by atoms with Gasteiger partial charge in [-0.05, 0) is 18.4 Å². The highest BCUT2D eigenvalue weighted by molar-refractivity contribution is 7.98. The van der Waals surface area contributed by atoms with Crippen molar-refractivity contribution in [2.24, 2.45) is 0 Å². The van der Waals surface area contributed by atoms with E-state index in [1.807, 2.05) is 24.5 Å². The molecule has 1 rings (SSSR count). The summed E-state index contributed by atoms with van der Waals surface area (Å²) in [7, 11) is 0. The van der Waals surface area contributed by atoms with Crippen LogP contribution in [0.2, 0.25) is 0 Å². The second-order valence-electron chi connectivity index (χ2n) is 1.89. The summed E-state index contributed by atoms with van der Waals surface area (Å²) < 4.78 is 0. The quantitative estimate of drug-likeness (QED) is 0.477. The molecule has 10 heavy (non-hydrogen) atoms. The lowest BCUT2D eigenvalue weighted by atomic mass is 10.2. The Morgan fingerprint density at radius 3 is 2.90 bits per heavy atom. The summed E-state index contributed by atoms with van der Waals surface area (Å²) in [5.41, 5.74) is 0.742. The molecule has 0 fully saturated rings.